The highest BCUT2D eigenvalue weighted by molar-refractivity contribution is 6.74. The molecular weight excluding hydrogens is 434 g/mol. The van der Waals surface area contributed by atoms with Gasteiger partial charge in [0.1, 0.15) is 5.60 Å². The quantitative estimate of drug-likeness (QED) is 0.366. The summed E-state index contributed by atoms with van der Waals surface area (Å²) in [6.07, 6.45) is 4.76. The third-order valence-electron chi connectivity index (χ3n) is 8.83. The van der Waals surface area contributed by atoms with Crippen LogP contribution in [0, 0.1) is 5.41 Å². The lowest BCUT2D eigenvalue weighted by Crippen LogP contribution is -2.52. The number of esters is 1. The minimum atomic E-state index is -2.34. The zero-order valence-corrected chi connectivity index (χ0v) is 22.3. The summed E-state index contributed by atoms with van der Waals surface area (Å²) in [5.41, 5.74) is 3.13. The van der Waals surface area contributed by atoms with E-state index in [4.69, 9.17) is 18.9 Å². The van der Waals surface area contributed by atoms with Crippen LogP contribution in [0.5, 0.6) is 0 Å². The van der Waals surface area contributed by atoms with Gasteiger partial charge in [0, 0.05) is 30.4 Å². The van der Waals surface area contributed by atoms with Gasteiger partial charge < -0.3 is 19.0 Å². The van der Waals surface area contributed by atoms with Crippen molar-refractivity contribution in [1.29, 1.82) is 0 Å². The largest absolute Gasteiger partial charge is 0.450 e. The van der Waals surface area contributed by atoms with Crippen molar-refractivity contribution < 1.29 is 23.8 Å². The monoisotopic (exact) mass is 473 g/mol. The highest BCUT2D eigenvalue weighted by Crippen LogP contribution is 2.63. The molecule has 2 spiro atoms. The van der Waals surface area contributed by atoms with Crippen molar-refractivity contribution in [3.63, 3.8) is 0 Å². The first kappa shape index (κ1) is 23.5. The first-order valence-electron chi connectivity index (χ1n) is 12.5. The molecule has 0 radical (unpaired) electrons. The van der Waals surface area contributed by atoms with Crippen LogP contribution in [0.2, 0.25) is 18.1 Å². The molecule has 1 aromatic rings. The van der Waals surface area contributed by atoms with Gasteiger partial charge in [0.05, 0.1) is 30.2 Å². The molecular formula is C26H39NO5Si. The Labute approximate surface area is 198 Å². The summed E-state index contributed by atoms with van der Waals surface area (Å²) >= 11 is 0. The molecule has 1 aromatic heterocycles. The molecule has 182 valence electrons. The molecule has 3 heterocycles. The van der Waals surface area contributed by atoms with Crippen molar-refractivity contribution in [3.8, 4) is 0 Å². The van der Waals surface area contributed by atoms with Crippen LogP contribution in [0.25, 0.3) is 0 Å². The van der Waals surface area contributed by atoms with Crippen LogP contribution in [0.3, 0.4) is 0 Å². The van der Waals surface area contributed by atoms with Gasteiger partial charge in [-0.05, 0) is 48.7 Å². The molecule has 1 N–H and O–H groups in total. The number of aliphatic hydroxyl groups is 1. The average Bonchev–Trinajstić information content (AvgIpc) is 3.36. The fraction of sp³-hybridized carbons (Fsp3) is 0.769. The van der Waals surface area contributed by atoms with E-state index in [1.165, 1.54) is 0 Å². The van der Waals surface area contributed by atoms with E-state index in [0.717, 1.165) is 41.8 Å². The van der Waals surface area contributed by atoms with Crippen LogP contribution in [0.4, 0.5) is 0 Å². The van der Waals surface area contributed by atoms with Crippen LogP contribution >= 0.6 is 0 Å². The lowest BCUT2D eigenvalue weighted by molar-refractivity contribution is -0.181. The number of carbonyl (C=O) groups excluding carboxylic acids is 1. The Hall–Kier alpha value is -1.28. The predicted octanol–water partition coefficient (Wildman–Crippen LogP) is 5.27. The molecule has 0 unspecified atom stereocenters. The number of ether oxygens (including phenoxy) is 2. The Morgan fingerprint density at radius 3 is 2.27 bits per heavy atom. The summed E-state index contributed by atoms with van der Waals surface area (Å²) in [6, 6.07) is 0. The topological polar surface area (TPSA) is 77.9 Å². The molecule has 2 aliphatic heterocycles. The third-order valence-corrected chi connectivity index (χ3v) is 13.3. The van der Waals surface area contributed by atoms with Gasteiger partial charge in [-0.25, -0.2) is 4.79 Å². The van der Waals surface area contributed by atoms with E-state index < -0.39 is 19.7 Å². The Balaban J connectivity index is 1.78. The number of hydrogen-bond acceptors (Lipinski definition) is 6. The standard InChI is InChI=1S/C26H39NO5Si/c1-16(2)21-18-20(25(31-22(18)28)10-12-30-13-11-25)19-17(27-21)14-24(8-9-24)15-26(19,29)32-33(6,7)23(3,4)5/h16,29H,8-15H2,1-7H3/t26-/m0/s1. The smallest absolute Gasteiger partial charge is 0.341 e. The van der Waals surface area contributed by atoms with Gasteiger partial charge >= 0.3 is 5.97 Å². The number of fused-ring (bicyclic) bond motifs is 4. The van der Waals surface area contributed by atoms with Gasteiger partial charge in [-0.15, -0.1) is 0 Å². The van der Waals surface area contributed by atoms with Gasteiger partial charge in [0.25, 0.3) is 0 Å². The summed E-state index contributed by atoms with van der Waals surface area (Å²) < 4.78 is 18.7. The van der Waals surface area contributed by atoms with Crippen LogP contribution in [0.15, 0.2) is 0 Å². The SMILES string of the molecule is CC(C)c1nc2c(c3c1C(=O)OC31CCOCC1)[C@@](O)(O[Si](C)(C)C(C)(C)C)CC1(CC1)C2. The predicted molar refractivity (Wildman–Crippen MR) is 128 cm³/mol. The zero-order chi connectivity index (χ0) is 24.0. The average molecular weight is 474 g/mol. The molecule has 33 heavy (non-hydrogen) atoms. The summed E-state index contributed by atoms with van der Waals surface area (Å²) in [4.78, 5) is 18.4. The summed E-state index contributed by atoms with van der Waals surface area (Å²) in [5.74, 6) is -1.69. The normalized spacial score (nSPS) is 27.6. The summed E-state index contributed by atoms with van der Waals surface area (Å²) in [7, 11) is -2.34. The van der Waals surface area contributed by atoms with E-state index in [-0.39, 0.29) is 22.3 Å². The second-order valence-electron chi connectivity index (χ2n) is 12.7. The third kappa shape index (κ3) is 3.53. The molecule has 4 aliphatic rings. The molecule has 7 heteroatoms. The number of carbonyl (C=O) groups is 1. The summed E-state index contributed by atoms with van der Waals surface area (Å²) in [6.45, 7) is 16.2. The number of rotatable bonds is 3. The first-order chi connectivity index (χ1) is 15.2. The van der Waals surface area contributed by atoms with Gasteiger partial charge in [0.2, 0.25) is 0 Å². The fourth-order valence-electron chi connectivity index (χ4n) is 5.82. The summed E-state index contributed by atoms with van der Waals surface area (Å²) in [5, 5.41) is 12.4. The lowest BCUT2D eigenvalue weighted by Gasteiger charge is -2.48. The maximum atomic E-state index is 13.3. The Kier molecular flexibility index (Phi) is 5.06. The molecule has 1 saturated heterocycles. The Morgan fingerprint density at radius 2 is 1.73 bits per heavy atom. The fourth-order valence-corrected chi connectivity index (χ4v) is 7.15. The molecule has 2 aliphatic carbocycles. The highest BCUT2D eigenvalue weighted by Gasteiger charge is 2.61. The molecule has 0 aromatic carbocycles. The Morgan fingerprint density at radius 1 is 1.09 bits per heavy atom. The van der Waals surface area contributed by atoms with E-state index >= 15 is 0 Å². The van der Waals surface area contributed by atoms with E-state index in [0.29, 0.717) is 38.0 Å². The molecule has 6 nitrogen and oxygen atoms in total. The molecule has 2 fully saturated rings. The van der Waals surface area contributed by atoms with Crippen LogP contribution in [0.1, 0.15) is 106 Å². The van der Waals surface area contributed by atoms with Gasteiger partial charge in [-0.2, -0.15) is 0 Å². The highest BCUT2D eigenvalue weighted by atomic mass is 28.4. The van der Waals surface area contributed by atoms with Crippen LogP contribution in [-0.2, 0) is 31.7 Å². The van der Waals surface area contributed by atoms with Crippen molar-refractivity contribution in [1.82, 2.24) is 4.98 Å². The first-order valence-corrected chi connectivity index (χ1v) is 15.4. The van der Waals surface area contributed by atoms with E-state index in [1.54, 1.807) is 0 Å². The molecule has 1 saturated carbocycles. The zero-order valence-electron chi connectivity index (χ0n) is 21.3. The van der Waals surface area contributed by atoms with Crippen LogP contribution in [-0.4, -0.2) is 37.6 Å². The second kappa shape index (κ2) is 7.12. The van der Waals surface area contributed by atoms with Crippen LogP contribution < -0.4 is 0 Å². The minimum absolute atomic E-state index is 0.0475. The van der Waals surface area contributed by atoms with Crippen molar-refractivity contribution in [2.24, 2.45) is 5.41 Å². The number of nitrogens with zero attached hydrogens (tertiary/aromatic N) is 1. The van der Waals surface area contributed by atoms with E-state index in [2.05, 4.69) is 47.7 Å². The maximum Gasteiger partial charge on any atom is 0.341 e. The molecule has 1 atom stereocenters. The molecule has 5 rings (SSSR count). The van der Waals surface area contributed by atoms with Crippen molar-refractivity contribution in [3.05, 3.63) is 28.1 Å². The minimum Gasteiger partial charge on any atom is -0.450 e. The number of aromatic nitrogens is 1. The van der Waals surface area contributed by atoms with Gasteiger partial charge in [0.15, 0.2) is 14.1 Å². The number of hydrogen-bond donors (Lipinski definition) is 1. The Bertz CT molecular complexity index is 1000. The van der Waals surface area contributed by atoms with Crippen molar-refractivity contribution >= 4 is 14.3 Å². The van der Waals surface area contributed by atoms with Gasteiger partial charge in [-0.3, -0.25) is 4.98 Å². The molecule has 0 amide bonds. The lowest BCUT2D eigenvalue weighted by atomic mass is 9.72. The molecule has 0 bridgehead atoms. The van der Waals surface area contributed by atoms with E-state index in [1.807, 2.05) is 0 Å². The van der Waals surface area contributed by atoms with Crippen molar-refractivity contribution in [2.45, 2.75) is 109 Å². The van der Waals surface area contributed by atoms with E-state index in [9.17, 15) is 9.90 Å². The van der Waals surface area contributed by atoms with Gasteiger partial charge in [-0.1, -0.05) is 34.6 Å². The maximum absolute atomic E-state index is 13.3. The number of pyridine rings is 1. The van der Waals surface area contributed by atoms with Crippen molar-refractivity contribution in [2.75, 3.05) is 13.2 Å². The second-order valence-corrected chi connectivity index (χ2v) is 17.4.